The average molecular weight is 232 g/mol. The predicted molar refractivity (Wildman–Crippen MR) is 66.1 cm³/mol. The van der Waals surface area contributed by atoms with Gasteiger partial charge in [-0.3, -0.25) is 14.6 Å². The van der Waals surface area contributed by atoms with Gasteiger partial charge < -0.3 is 0 Å². The summed E-state index contributed by atoms with van der Waals surface area (Å²) in [5.74, 6) is 1.76. The third-order valence-corrected chi connectivity index (χ3v) is 3.85. The molecule has 16 heavy (non-hydrogen) atoms. The van der Waals surface area contributed by atoms with Crippen LogP contribution in [-0.4, -0.2) is 9.78 Å². The second-order valence-electron chi connectivity index (χ2n) is 4.03. The molecule has 0 unspecified atom stereocenters. The highest BCUT2D eigenvalue weighted by atomic mass is 32.2. The Kier molecular flexibility index (Phi) is 2.17. The molecule has 0 bridgehead atoms. The largest absolute Gasteiger partial charge is 0.268 e. The highest BCUT2D eigenvalue weighted by Gasteiger charge is 2.20. The number of thioether (sulfide) groups is 1. The van der Waals surface area contributed by atoms with E-state index in [1.807, 2.05) is 16.8 Å². The number of aromatic amines is 1. The van der Waals surface area contributed by atoms with E-state index in [4.69, 9.17) is 0 Å². The lowest BCUT2D eigenvalue weighted by Crippen LogP contribution is -2.07. The van der Waals surface area contributed by atoms with Crippen molar-refractivity contribution in [3.63, 3.8) is 0 Å². The number of aromatic nitrogens is 2. The van der Waals surface area contributed by atoms with Crippen LogP contribution in [0, 0.1) is 6.92 Å². The van der Waals surface area contributed by atoms with Gasteiger partial charge in [-0.25, -0.2) is 0 Å². The van der Waals surface area contributed by atoms with Crippen LogP contribution in [0.3, 0.4) is 0 Å². The van der Waals surface area contributed by atoms with Crippen molar-refractivity contribution in [3.8, 4) is 5.69 Å². The van der Waals surface area contributed by atoms with E-state index in [0.29, 0.717) is 0 Å². The Morgan fingerprint density at radius 2 is 2.00 bits per heavy atom. The number of H-pyrrole nitrogens is 1. The Morgan fingerprint density at radius 3 is 2.75 bits per heavy atom. The summed E-state index contributed by atoms with van der Waals surface area (Å²) < 4.78 is 1.91. The monoisotopic (exact) mass is 232 g/mol. The van der Waals surface area contributed by atoms with Gasteiger partial charge in [0.2, 0.25) is 0 Å². The maximum absolute atomic E-state index is 11.7. The van der Waals surface area contributed by atoms with Crippen molar-refractivity contribution in [2.75, 3.05) is 0 Å². The molecule has 3 nitrogen and oxygen atoms in total. The Balaban J connectivity index is 2.17. The molecule has 4 heteroatoms. The lowest BCUT2D eigenvalue weighted by molar-refractivity contribution is 0.830. The normalized spacial score (nSPS) is 14.1. The van der Waals surface area contributed by atoms with Crippen molar-refractivity contribution < 1.29 is 0 Å². The summed E-state index contributed by atoms with van der Waals surface area (Å²) in [4.78, 5) is 11.7. The Labute approximate surface area is 97.5 Å². The molecular weight excluding hydrogens is 220 g/mol. The SMILES string of the molecule is Cc1ccc(-n2[nH]c(=O)c3c2CSC3)cc1. The zero-order chi connectivity index (χ0) is 11.1. The predicted octanol–water partition coefficient (Wildman–Crippen LogP) is 2.22. The van der Waals surface area contributed by atoms with E-state index in [-0.39, 0.29) is 5.56 Å². The van der Waals surface area contributed by atoms with Gasteiger partial charge in [-0.05, 0) is 19.1 Å². The van der Waals surface area contributed by atoms with Crippen molar-refractivity contribution in [1.29, 1.82) is 0 Å². The minimum Gasteiger partial charge on any atom is -0.268 e. The van der Waals surface area contributed by atoms with E-state index < -0.39 is 0 Å². The van der Waals surface area contributed by atoms with Crippen molar-refractivity contribution in [2.24, 2.45) is 0 Å². The smallest absolute Gasteiger partial charge is 0.268 e. The van der Waals surface area contributed by atoms with Crippen LogP contribution in [0.4, 0.5) is 0 Å². The van der Waals surface area contributed by atoms with Crippen molar-refractivity contribution in [3.05, 3.63) is 51.4 Å². The van der Waals surface area contributed by atoms with Crippen LogP contribution >= 0.6 is 11.8 Å². The summed E-state index contributed by atoms with van der Waals surface area (Å²) in [7, 11) is 0. The van der Waals surface area contributed by atoms with Crippen molar-refractivity contribution in [2.45, 2.75) is 18.4 Å². The van der Waals surface area contributed by atoms with Crippen LogP contribution in [0.1, 0.15) is 16.8 Å². The molecule has 3 rings (SSSR count). The lowest BCUT2D eigenvalue weighted by Gasteiger charge is -2.06. The number of nitrogens with zero attached hydrogens (tertiary/aromatic N) is 1. The summed E-state index contributed by atoms with van der Waals surface area (Å²) in [6.07, 6.45) is 0. The minimum atomic E-state index is 0.0561. The third-order valence-electron chi connectivity index (χ3n) is 2.88. The van der Waals surface area contributed by atoms with E-state index in [1.165, 1.54) is 5.56 Å². The maximum atomic E-state index is 11.7. The second kappa shape index (κ2) is 3.56. The highest BCUT2D eigenvalue weighted by Crippen LogP contribution is 2.28. The van der Waals surface area contributed by atoms with Gasteiger partial charge in [-0.15, -0.1) is 0 Å². The fraction of sp³-hybridized carbons (Fsp3) is 0.250. The standard InChI is InChI=1S/C12H12N2OS/c1-8-2-4-9(5-3-8)14-11-7-16-6-10(11)12(15)13-14/h2-5H,6-7H2,1H3,(H,13,15). The molecule has 0 amide bonds. The first-order chi connectivity index (χ1) is 7.75. The Hall–Kier alpha value is -1.42. The number of hydrogen-bond donors (Lipinski definition) is 1. The number of benzene rings is 1. The Morgan fingerprint density at radius 1 is 1.25 bits per heavy atom. The van der Waals surface area contributed by atoms with E-state index in [0.717, 1.165) is 28.5 Å². The summed E-state index contributed by atoms with van der Waals surface area (Å²) in [6, 6.07) is 8.19. The van der Waals surface area contributed by atoms with Gasteiger partial charge in [0, 0.05) is 11.5 Å². The van der Waals surface area contributed by atoms with Gasteiger partial charge >= 0.3 is 0 Å². The quantitative estimate of drug-likeness (QED) is 0.818. The molecule has 1 aliphatic rings. The lowest BCUT2D eigenvalue weighted by atomic mass is 10.2. The minimum absolute atomic E-state index is 0.0561. The van der Waals surface area contributed by atoms with Gasteiger partial charge in [0.25, 0.3) is 5.56 Å². The first kappa shape index (κ1) is 9.78. The maximum Gasteiger partial charge on any atom is 0.268 e. The van der Waals surface area contributed by atoms with Gasteiger partial charge in [0.15, 0.2) is 0 Å². The fourth-order valence-corrected chi connectivity index (χ4v) is 3.07. The number of fused-ring (bicyclic) bond motifs is 1. The van der Waals surface area contributed by atoms with Crippen molar-refractivity contribution >= 4 is 11.8 Å². The van der Waals surface area contributed by atoms with E-state index in [2.05, 4.69) is 24.2 Å². The molecule has 1 N–H and O–H groups in total. The first-order valence-corrected chi connectivity index (χ1v) is 6.39. The zero-order valence-electron chi connectivity index (χ0n) is 8.99. The molecule has 2 heterocycles. The molecule has 1 aliphatic heterocycles. The Bertz CT molecular complexity index is 580. The molecule has 1 aromatic carbocycles. The molecule has 0 spiro atoms. The molecule has 1 aromatic heterocycles. The molecule has 0 aliphatic carbocycles. The average Bonchev–Trinajstić information content (AvgIpc) is 2.84. The second-order valence-corrected chi connectivity index (χ2v) is 5.02. The summed E-state index contributed by atoms with van der Waals surface area (Å²) >= 11 is 1.79. The zero-order valence-corrected chi connectivity index (χ0v) is 9.80. The van der Waals surface area contributed by atoms with Gasteiger partial charge in [-0.1, -0.05) is 17.7 Å². The fourth-order valence-electron chi connectivity index (χ4n) is 1.97. The summed E-state index contributed by atoms with van der Waals surface area (Å²) in [6.45, 7) is 2.06. The molecule has 2 aromatic rings. The van der Waals surface area contributed by atoms with Gasteiger partial charge in [0.1, 0.15) is 0 Å². The first-order valence-electron chi connectivity index (χ1n) is 5.23. The van der Waals surface area contributed by atoms with Crippen LogP contribution in [-0.2, 0) is 11.5 Å². The van der Waals surface area contributed by atoms with Gasteiger partial charge in [0.05, 0.1) is 16.9 Å². The molecule has 0 radical (unpaired) electrons. The molecular formula is C12H12N2OS. The van der Waals surface area contributed by atoms with Crippen molar-refractivity contribution in [1.82, 2.24) is 9.78 Å². The van der Waals surface area contributed by atoms with Crippen LogP contribution in [0.2, 0.25) is 0 Å². The number of aryl methyl sites for hydroxylation is 1. The summed E-state index contributed by atoms with van der Waals surface area (Å²) in [5.41, 5.74) is 4.38. The topological polar surface area (TPSA) is 37.8 Å². The number of nitrogens with one attached hydrogen (secondary N) is 1. The molecule has 0 saturated carbocycles. The molecule has 0 saturated heterocycles. The van der Waals surface area contributed by atoms with E-state index >= 15 is 0 Å². The van der Waals surface area contributed by atoms with Crippen LogP contribution in [0.15, 0.2) is 29.1 Å². The number of hydrogen-bond acceptors (Lipinski definition) is 2. The van der Waals surface area contributed by atoms with Crippen LogP contribution in [0.25, 0.3) is 5.69 Å². The molecule has 82 valence electrons. The van der Waals surface area contributed by atoms with E-state index in [9.17, 15) is 4.79 Å². The van der Waals surface area contributed by atoms with Crippen LogP contribution in [0.5, 0.6) is 0 Å². The third kappa shape index (κ3) is 1.41. The van der Waals surface area contributed by atoms with E-state index in [1.54, 1.807) is 11.8 Å². The van der Waals surface area contributed by atoms with Gasteiger partial charge in [-0.2, -0.15) is 11.8 Å². The van der Waals surface area contributed by atoms with Crippen LogP contribution < -0.4 is 5.56 Å². The summed E-state index contributed by atoms with van der Waals surface area (Å²) in [5, 5.41) is 2.90. The number of rotatable bonds is 1. The molecule has 0 atom stereocenters. The highest BCUT2D eigenvalue weighted by molar-refractivity contribution is 7.98. The molecule has 0 fully saturated rings.